The van der Waals surface area contributed by atoms with Gasteiger partial charge in [-0.15, -0.1) is 0 Å². The van der Waals surface area contributed by atoms with E-state index in [2.05, 4.69) is 16.4 Å². The van der Waals surface area contributed by atoms with Crippen molar-refractivity contribution >= 4 is 5.91 Å². The zero-order valence-corrected chi connectivity index (χ0v) is 13.6. The van der Waals surface area contributed by atoms with E-state index in [-0.39, 0.29) is 5.91 Å². The summed E-state index contributed by atoms with van der Waals surface area (Å²) in [5.74, 6) is -0.0157. The molecular weight excluding hydrogens is 314 g/mol. The van der Waals surface area contributed by atoms with Crippen LogP contribution >= 0.6 is 0 Å². The molecule has 25 heavy (non-hydrogen) atoms. The second-order valence-electron chi connectivity index (χ2n) is 5.68. The van der Waals surface area contributed by atoms with Gasteiger partial charge < -0.3 is 9.73 Å². The minimum absolute atomic E-state index is 0.0157. The van der Waals surface area contributed by atoms with Crippen LogP contribution in [0.15, 0.2) is 65.7 Å². The Kier molecular flexibility index (Phi) is 5.22. The van der Waals surface area contributed by atoms with Gasteiger partial charge in [0.1, 0.15) is 0 Å². The lowest BCUT2D eigenvalue weighted by Gasteiger charge is -2.07. The summed E-state index contributed by atoms with van der Waals surface area (Å²) < 4.78 is 5.08. The molecule has 3 aromatic rings. The molecule has 5 heteroatoms. The Labute approximate surface area is 145 Å². The number of rotatable bonds is 6. The first-order valence-corrected chi connectivity index (χ1v) is 7.97. The average Bonchev–Trinajstić information content (AvgIpc) is 3.20. The maximum atomic E-state index is 12.0. The van der Waals surface area contributed by atoms with E-state index in [0.717, 1.165) is 22.3 Å². The van der Waals surface area contributed by atoms with Gasteiger partial charge in [0.25, 0.3) is 0 Å². The topological polar surface area (TPSA) is 78.9 Å². The monoisotopic (exact) mass is 331 g/mol. The van der Waals surface area contributed by atoms with Gasteiger partial charge in [0.05, 0.1) is 24.2 Å². The van der Waals surface area contributed by atoms with Gasteiger partial charge in [0.15, 0.2) is 0 Å². The third-order valence-electron chi connectivity index (χ3n) is 3.86. The lowest BCUT2D eigenvalue weighted by molar-refractivity contribution is -0.121. The molecule has 0 atom stereocenters. The van der Waals surface area contributed by atoms with Gasteiger partial charge in [0, 0.05) is 36.5 Å². The molecular formula is C20H17N3O2. The van der Waals surface area contributed by atoms with Crippen LogP contribution in [-0.2, 0) is 17.8 Å². The maximum Gasteiger partial charge on any atom is 0.220 e. The Morgan fingerprint density at radius 3 is 2.68 bits per heavy atom. The fourth-order valence-electron chi connectivity index (χ4n) is 2.46. The van der Waals surface area contributed by atoms with E-state index in [4.69, 9.17) is 9.68 Å². The summed E-state index contributed by atoms with van der Waals surface area (Å²) in [6.45, 7) is 0.435. The number of carbonyl (C=O) groups excluding carboxylic acids is 1. The van der Waals surface area contributed by atoms with Gasteiger partial charge in [-0.1, -0.05) is 12.1 Å². The first-order chi connectivity index (χ1) is 12.2. The number of hydrogen-bond donors (Lipinski definition) is 1. The van der Waals surface area contributed by atoms with Crippen molar-refractivity contribution in [2.45, 2.75) is 19.4 Å². The van der Waals surface area contributed by atoms with Crippen LogP contribution in [0.4, 0.5) is 0 Å². The predicted octanol–water partition coefficient (Wildman–Crippen LogP) is 3.46. The summed E-state index contributed by atoms with van der Waals surface area (Å²) in [5, 5.41) is 11.7. The molecule has 3 rings (SSSR count). The standard InChI is InChI=1S/C20H17N3O2/c21-10-16-3-1-15(2-4-16)5-6-20(24)23-12-17-9-19(13-22-11-17)18-7-8-25-14-18/h1-4,7-9,11,13-14H,5-6,12H2,(H,23,24). The molecule has 0 radical (unpaired) electrons. The van der Waals surface area contributed by atoms with E-state index in [9.17, 15) is 4.79 Å². The second-order valence-corrected chi connectivity index (χ2v) is 5.68. The van der Waals surface area contributed by atoms with Crippen LogP contribution in [0, 0.1) is 11.3 Å². The van der Waals surface area contributed by atoms with Crippen molar-refractivity contribution in [1.82, 2.24) is 10.3 Å². The fraction of sp³-hybridized carbons (Fsp3) is 0.150. The summed E-state index contributed by atoms with van der Waals surface area (Å²) in [6.07, 6.45) is 7.83. The van der Waals surface area contributed by atoms with Gasteiger partial charge in [-0.05, 0) is 41.8 Å². The maximum absolute atomic E-state index is 12.0. The smallest absolute Gasteiger partial charge is 0.220 e. The van der Waals surface area contributed by atoms with Gasteiger partial charge >= 0.3 is 0 Å². The van der Waals surface area contributed by atoms with E-state index in [0.29, 0.717) is 24.9 Å². The number of aromatic nitrogens is 1. The number of nitriles is 1. The molecule has 0 saturated heterocycles. The largest absolute Gasteiger partial charge is 0.472 e. The molecule has 2 aromatic heterocycles. The zero-order chi connectivity index (χ0) is 17.5. The summed E-state index contributed by atoms with van der Waals surface area (Å²) >= 11 is 0. The predicted molar refractivity (Wildman–Crippen MR) is 93.3 cm³/mol. The SMILES string of the molecule is N#Cc1ccc(CCC(=O)NCc2cncc(-c3ccoc3)c2)cc1. The number of pyridine rings is 1. The van der Waals surface area contributed by atoms with E-state index in [1.165, 1.54) is 0 Å². The summed E-state index contributed by atoms with van der Waals surface area (Å²) in [4.78, 5) is 16.2. The Hall–Kier alpha value is -3.39. The van der Waals surface area contributed by atoms with Gasteiger partial charge in [-0.2, -0.15) is 5.26 Å². The number of carbonyl (C=O) groups is 1. The lowest BCUT2D eigenvalue weighted by atomic mass is 10.1. The van der Waals surface area contributed by atoms with Crippen LogP contribution in [0.3, 0.4) is 0 Å². The third-order valence-corrected chi connectivity index (χ3v) is 3.86. The number of benzene rings is 1. The zero-order valence-electron chi connectivity index (χ0n) is 13.6. The van der Waals surface area contributed by atoms with Crippen LogP contribution in [0.25, 0.3) is 11.1 Å². The van der Waals surface area contributed by atoms with Crippen molar-refractivity contribution in [3.05, 3.63) is 78.0 Å². The molecule has 0 fully saturated rings. The van der Waals surface area contributed by atoms with Crippen LogP contribution in [0.5, 0.6) is 0 Å². The molecule has 1 N–H and O–H groups in total. The molecule has 5 nitrogen and oxygen atoms in total. The van der Waals surface area contributed by atoms with Crippen molar-refractivity contribution in [2.24, 2.45) is 0 Å². The second kappa shape index (κ2) is 7.93. The fourth-order valence-corrected chi connectivity index (χ4v) is 2.46. The Morgan fingerprint density at radius 2 is 1.96 bits per heavy atom. The third kappa shape index (κ3) is 4.55. The average molecular weight is 331 g/mol. The highest BCUT2D eigenvalue weighted by molar-refractivity contribution is 5.76. The molecule has 0 spiro atoms. The van der Waals surface area contributed by atoms with Crippen molar-refractivity contribution in [3.63, 3.8) is 0 Å². The number of aryl methyl sites for hydroxylation is 1. The van der Waals surface area contributed by atoms with Crippen LogP contribution in [0.2, 0.25) is 0 Å². The van der Waals surface area contributed by atoms with E-state index < -0.39 is 0 Å². The van der Waals surface area contributed by atoms with Crippen LogP contribution < -0.4 is 5.32 Å². The summed E-state index contributed by atoms with van der Waals surface area (Å²) in [6, 6.07) is 13.2. The summed E-state index contributed by atoms with van der Waals surface area (Å²) in [5.41, 5.74) is 4.51. The molecule has 0 aliphatic heterocycles. The molecule has 124 valence electrons. The Morgan fingerprint density at radius 1 is 1.12 bits per heavy atom. The Balaban J connectivity index is 1.50. The minimum Gasteiger partial charge on any atom is -0.472 e. The first kappa shape index (κ1) is 16.5. The highest BCUT2D eigenvalue weighted by atomic mass is 16.3. The first-order valence-electron chi connectivity index (χ1n) is 7.97. The van der Waals surface area contributed by atoms with Crippen molar-refractivity contribution < 1.29 is 9.21 Å². The minimum atomic E-state index is -0.0157. The van der Waals surface area contributed by atoms with Crippen molar-refractivity contribution in [2.75, 3.05) is 0 Å². The van der Waals surface area contributed by atoms with Gasteiger partial charge in [-0.3, -0.25) is 9.78 Å². The quantitative estimate of drug-likeness (QED) is 0.750. The molecule has 0 aliphatic rings. The molecule has 0 aliphatic carbocycles. The van der Waals surface area contributed by atoms with E-state index in [1.807, 2.05) is 24.3 Å². The molecule has 0 unspecified atom stereocenters. The Bertz CT molecular complexity index is 878. The summed E-state index contributed by atoms with van der Waals surface area (Å²) in [7, 11) is 0. The van der Waals surface area contributed by atoms with Gasteiger partial charge in [0.2, 0.25) is 5.91 Å². The van der Waals surface area contributed by atoms with Crippen LogP contribution in [0.1, 0.15) is 23.1 Å². The van der Waals surface area contributed by atoms with Crippen molar-refractivity contribution in [3.8, 4) is 17.2 Å². The normalized spacial score (nSPS) is 10.2. The number of nitrogens with zero attached hydrogens (tertiary/aromatic N) is 2. The van der Waals surface area contributed by atoms with Crippen LogP contribution in [-0.4, -0.2) is 10.9 Å². The van der Waals surface area contributed by atoms with Gasteiger partial charge in [-0.25, -0.2) is 0 Å². The van der Waals surface area contributed by atoms with E-state index in [1.54, 1.807) is 37.1 Å². The highest BCUT2D eigenvalue weighted by Crippen LogP contribution is 2.19. The lowest BCUT2D eigenvalue weighted by Crippen LogP contribution is -2.23. The highest BCUT2D eigenvalue weighted by Gasteiger charge is 2.05. The number of hydrogen-bond acceptors (Lipinski definition) is 4. The molecule has 1 amide bonds. The molecule has 1 aromatic carbocycles. The molecule has 0 bridgehead atoms. The number of amides is 1. The number of furan rings is 1. The van der Waals surface area contributed by atoms with Crippen molar-refractivity contribution in [1.29, 1.82) is 5.26 Å². The van der Waals surface area contributed by atoms with E-state index >= 15 is 0 Å². The molecule has 0 saturated carbocycles. The number of nitrogens with one attached hydrogen (secondary N) is 1. The molecule has 2 heterocycles.